The van der Waals surface area contributed by atoms with Crippen molar-refractivity contribution in [2.75, 3.05) is 0 Å². The first-order valence-electron chi connectivity index (χ1n) is 4.57. The van der Waals surface area contributed by atoms with E-state index < -0.39 is 0 Å². The molecule has 1 rings (SSSR count). The molecule has 3 nitrogen and oxygen atoms in total. The number of rotatable bonds is 3. The number of aliphatic hydroxyl groups excluding tert-OH is 1. The first kappa shape index (κ1) is 9.52. The molecule has 0 aromatic rings. The van der Waals surface area contributed by atoms with Crippen LogP contribution in [-0.4, -0.2) is 23.2 Å². The van der Waals surface area contributed by atoms with E-state index in [2.05, 4.69) is 5.32 Å². The van der Waals surface area contributed by atoms with Crippen LogP contribution in [-0.2, 0) is 4.79 Å². The molecule has 2 N–H and O–H groups in total. The Hall–Kier alpha value is -0.570. The van der Waals surface area contributed by atoms with Gasteiger partial charge in [-0.25, -0.2) is 0 Å². The Kier molecular flexibility index (Phi) is 3.09. The molecule has 1 aliphatic carbocycles. The summed E-state index contributed by atoms with van der Waals surface area (Å²) in [5.41, 5.74) is 0. The molecule has 12 heavy (non-hydrogen) atoms. The molecule has 1 fully saturated rings. The van der Waals surface area contributed by atoms with Crippen LogP contribution in [0, 0.1) is 5.92 Å². The van der Waals surface area contributed by atoms with Gasteiger partial charge < -0.3 is 10.4 Å². The van der Waals surface area contributed by atoms with E-state index in [-0.39, 0.29) is 18.1 Å². The minimum absolute atomic E-state index is 0.0243. The lowest BCUT2D eigenvalue weighted by Crippen LogP contribution is -2.50. The molecule has 0 aromatic heterocycles. The molecule has 0 aliphatic heterocycles. The zero-order valence-electron chi connectivity index (χ0n) is 7.71. The number of nitrogens with one attached hydrogen (secondary N) is 1. The van der Waals surface area contributed by atoms with Gasteiger partial charge in [-0.2, -0.15) is 0 Å². The van der Waals surface area contributed by atoms with E-state index in [4.69, 9.17) is 0 Å². The van der Waals surface area contributed by atoms with Crippen molar-refractivity contribution in [3.05, 3.63) is 0 Å². The van der Waals surface area contributed by atoms with Gasteiger partial charge in [0.25, 0.3) is 0 Å². The number of hydrogen-bond acceptors (Lipinski definition) is 2. The Balaban J connectivity index is 2.17. The van der Waals surface area contributed by atoms with Crippen LogP contribution >= 0.6 is 0 Å². The van der Waals surface area contributed by atoms with E-state index in [1.807, 2.05) is 13.8 Å². The molecular weight excluding hydrogens is 154 g/mol. The summed E-state index contributed by atoms with van der Waals surface area (Å²) in [7, 11) is 0. The van der Waals surface area contributed by atoms with Gasteiger partial charge in [0.05, 0.1) is 12.1 Å². The molecule has 0 radical (unpaired) electrons. The summed E-state index contributed by atoms with van der Waals surface area (Å²) in [6, 6.07) is 0.0243. The van der Waals surface area contributed by atoms with E-state index in [1.165, 1.54) is 0 Å². The van der Waals surface area contributed by atoms with Crippen LogP contribution in [0.4, 0.5) is 0 Å². The third-order valence-electron chi connectivity index (χ3n) is 2.18. The van der Waals surface area contributed by atoms with Crippen molar-refractivity contribution in [2.45, 2.75) is 45.3 Å². The molecule has 0 aromatic carbocycles. The maximum atomic E-state index is 11.2. The molecule has 70 valence electrons. The summed E-state index contributed by atoms with van der Waals surface area (Å²) in [5.74, 6) is 0.455. The van der Waals surface area contributed by atoms with Crippen LogP contribution in [0.3, 0.4) is 0 Å². The van der Waals surface area contributed by atoms with Crippen molar-refractivity contribution < 1.29 is 9.90 Å². The Morgan fingerprint density at radius 1 is 1.58 bits per heavy atom. The Bertz CT molecular complexity index is 168. The van der Waals surface area contributed by atoms with Gasteiger partial charge in [-0.05, 0) is 18.8 Å². The summed E-state index contributed by atoms with van der Waals surface area (Å²) in [5, 5.41) is 12.0. The molecule has 1 amide bonds. The highest BCUT2D eigenvalue weighted by Gasteiger charge is 2.29. The lowest BCUT2D eigenvalue weighted by Gasteiger charge is -2.33. The van der Waals surface area contributed by atoms with Crippen LogP contribution in [0.15, 0.2) is 0 Å². The average molecular weight is 171 g/mol. The molecule has 0 saturated heterocycles. The minimum atomic E-state index is -0.305. The average Bonchev–Trinajstić information content (AvgIpc) is 1.96. The summed E-state index contributed by atoms with van der Waals surface area (Å²) < 4.78 is 0. The minimum Gasteiger partial charge on any atom is -0.391 e. The highest BCUT2D eigenvalue weighted by atomic mass is 16.3. The fraction of sp³-hybridized carbons (Fsp3) is 0.889. The molecule has 3 heteroatoms. The first-order valence-corrected chi connectivity index (χ1v) is 4.57. The maximum Gasteiger partial charge on any atom is 0.220 e. The third kappa shape index (κ3) is 2.48. The van der Waals surface area contributed by atoms with E-state index in [9.17, 15) is 9.90 Å². The highest BCUT2D eigenvalue weighted by molar-refractivity contribution is 5.76. The number of hydrogen-bond donors (Lipinski definition) is 2. The Labute approximate surface area is 73.2 Å². The number of carbonyl (C=O) groups is 1. The topological polar surface area (TPSA) is 49.3 Å². The summed E-state index contributed by atoms with van der Waals surface area (Å²) in [4.78, 5) is 11.2. The lowest BCUT2D eigenvalue weighted by molar-refractivity contribution is -0.124. The van der Waals surface area contributed by atoms with Gasteiger partial charge in [0.15, 0.2) is 0 Å². The lowest BCUT2D eigenvalue weighted by atomic mass is 9.89. The van der Waals surface area contributed by atoms with Gasteiger partial charge >= 0.3 is 0 Å². The third-order valence-corrected chi connectivity index (χ3v) is 2.18. The quantitative estimate of drug-likeness (QED) is 0.655. The van der Waals surface area contributed by atoms with E-state index in [1.54, 1.807) is 0 Å². The normalized spacial score (nSPS) is 28.3. The molecule has 0 heterocycles. The number of carbonyl (C=O) groups excluding carboxylic acids is 1. The standard InChI is InChI=1S/C9H17NO2/c1-6(2)5-9(12)10-7-3-4-8(7)11/h6-8,11H,3-5H2,1-2H3,(H,10,12)/t7-,8-/m1/s1. The largest absolute Gasteiger partial charge is 0.391 e. The molecule has 1 aliphatic rings. The molecule has 1 saturated carbocycles. The van der Waals surface area contributed by atoms with Crippen LogP contribution in [0.5, 0.6) is 0 Å². The van der Waals surface area contributed by atoms with Crippen molar-refractivity contribution in [3.63, 3.8) is 0 Å². The van der Waals surface area contributed by atoms with Crippen LogP contribution in [0.2, 0.25) is 0 Å². The second-order valence-corrected chi connectivity index (χ2v) is 3.92. The summed E-state index contributed by atoms with van der Waals surface area (Å²) in [6.45, 7) is 4.02. The van der Waals surface area contributed by atoms with E-state index in [0.717, 1.165) is 12.8 Å². The molecule has 0 spiro atoms. The predicted octanol–water partition coefficient (Wildman–Crippen LogP) is 0.672. The fourth-order valence-corrected chi connectivity index (χ4v) is 1.29. The summed E-state index contributed by atoms with van der Waals surface area (Å²) >= 11 is 0. The molecule has 0 bridgehead atoms. The van der Waals surface area contributed by atoms with Gasteiger partial charge in [-0.15, -0.1) is 0 Å². The smallest absolute Gasteiger partial charge is 0.220 e. The number of amides is 1. The van der Waals surface area contributed by atoms with Crippen molar-refractivity contribution in [2.24, 2.45) is 5.92 Å². The molecule has 0 unspecified atom stereocenters. The second-order valence-electron chi connectivity index (χ2n) is 3.92. The fourth-order valence-electron chi connectivity index (χ4n) is 1.29. The van der Waals surface area contributed by atoms with Crippen LogP contribution in [0.1, 0.15) is 33.1 Å². The first-order chi connectivity index (χ1) is 5.59. The Morgan fingerprint density at radius 3 is 2.58 bits per heavy atom. The van der Waals surface area contributed by atoms with E-state index in [0.29, 0.717) is 12.3 Å². The van der Waals surface area contributed by atoms with Gasteiger partial charge in [-0.1, -0.05) is 13.8 Å². The van der Waals surface area contributed by atoms with Crippen LogP contribution in [0.25, 0.3) is 0 Å². The second kappa shape index (κ2) is 3.90. The maximum absolute atomic E-state index is 11.2. The van der Waals surface area contributed by atoms with E-state index >= 15 is 0 Å². The van der Waals surface area contributed by atoms with Crippen molar-refractivity contribution >= 4 is 5.91 Å². The molecule has 2 atom stereocenters. The SMILES string of the molecule is CC(C)CC(=O)N[C@@H]1CC[C@H]1O. The molecular formula is C9H17NO2. The Morgan fingerprint density at radius 2 is 2.25 bits per heavy atom. The summed E-state index contributed by atoms with van der Waals surface area (Å²) in [6.07, 6.45) is 2.00. The van der Waals surface area contributed by atoms with Gasteiger partial charge in [-0.3, -0.25) is 4.79 Å². The van der Waals surface area contributed by atoms with Gasteiger partial charge in [0, 0.05) is 6.42 Å². The van der Waals surface area contributed by atoms with Crippen LogP contribution < -0.4 is 5.32 Å². The van der Waals surface area contributed by atoms with Gasteiger partial charge in [0.1, 0.15) is 0 Å². The van der Waals surface area contributed by atoms with Gasteiger partial charge in [0.2, 0.25) is 5.91 Å². The zero-order chi connectivity index (χ0) is 9.14. The zero-order valence-corrected chi connectivity index (χ0v) is 7.71. The monoisotopic (exact) mass is 171 g/mol. The predicted molar refractivity (Wildman–Crippen MR) is 46.6 cm³/mol. The number of aliphatic hydroxyl groups is 1. The van der Waals surface area contributed by atoms with Crippen molar-refractivity contribution in [3.8, 4) is 0 Å². The highest BCUT2D eigenvalue weighted by Crippen LogP contribution is 2.19. The van der Waals surface area contributed by atoms with Crippen molar-refractivity contribution in [1.82, 2.24) is 5.32 Å². The van der Waals surface area contributed by atoms with Crippen molar-refractivity contribution in [1.29, 1.82) is 0 Å².